The second-order valence-corrected chi connectivity index (χ2v) is 4.56. The SMILES string of the molecule is COc1cccc(C#N)c1NC(=O)c1c(N)cccc1Cl. The van der Waals surface area contributed by atoms with Crippen LogP contribution in [0.5, 0.6) is 5.75 Å². The summed E-state index contributed by atoms with van der Waals surface area (Å²) in [5.74, 6) is -0.118. The number of nitriles is 1. The topological polar surface area (TPSA) is 88.1 Å². The number of para-hydroxylation sites is 1. The first-order valence-electron chi connectivity index (χ1n) is 6.01. The average Bonchev–Trinajstić information content (AvgIpc) is 2.47. The van der Waals surface area contributed by atoms with Crippen molar-refractivity contribution in [3.05, 3.63) is 52.5 Å². The van der Waals surface area contributed by atoms with Crippen LogP contribution in [0.4, 0.5) is 11.4 Å². The lowest BCUT2D eigenvalue weighted by Gasteiger charge is -2.13. The molecule has 106 valence electrons. The van der Waals surface area contributed by atoms with Crippen molar-refractivity contribution in [3.63, 3.8) is 0 Å². The summed E-state index contributed by atoms with van der Waals surface area (Å²) in [6.45, 7) is 0. The van der Waals surface area contributed by atoms with E-state index in [0.29, 0.717) is 5.75 Å². The Morgan fingerprint density at radius 3 is 2.67 bits per heavy atom. The minimum atomic E-state index is -0.501. The van der Waals surface area contributed by atoms with E-state index in [2.05, 4.69) is 5.32 Å². The van der Waals surface area contributed by atoms with Gasteiger partial charge in [0.2, 0.25) is 0 Å². The molecule has 2 rings (SSSR count). The predicted octanol–water partition coefficient (Wildman–Crippen LogP) is 3.05. The van der Waals surface area contributed by atoms with Crippen LogP contribution in [0.3, 0.4) is 0 Å². The highest BCUT2D eigenvalue weighted by molar-refractivity contribution is 6.35. The molecule has 0 radical (unpaired) electrons. The molecule has 3 N–H and O–H groups in total. The van der Waals surface area contributed by atoms with Crippen molar-refractivity contribution in [2.45, 2.75) is 0 Å². The third-order valence-corrected chi connectivity index (χ3v) is 3.19. The van der Waals surface area contributed by atoms with Gasteiger partial charge >= 0.3 is 0 Å². The van der Waals surface area contributed by atoms with Gasteiger partial charge in [0.1, 0.15) is 17.5 Å². The molecule has 0 fully saturated rings. The highest BCUT2D eigenvalue weighted by Crippen LogP contribution is 2.30. The second kappa shape index (κ2) is 6.16. The zero-order valence-corrected chi connectivity index (χ0v) is 11.9. The van der Waals surface area contributed by atoms with Crippen molar-refractivity contribution in [2.24, 2.45) is 0 Å². The average molecular weight is 302 g/mol. The van der Waals surface area contributed by atoms with Crippen LogP contribution in [-0.4, -0.2) is 13.0 Å². The molecule has 0 saturated heterocycles. The van der Waals surface area contributed by atoms with Crippen molar-refractivity contribution in [1.29, 1.82) is 5.26 Å². The quantitative estimate of drug-likeness (QED) is 0.853. The fourth-order valence-corrected chi connectivity index (χ4v) is 2.15. The number of nitrogens with zero attached hydrogens (tertiary/aromatic N) is 1. The summed E-state index contributed by atoms with van der Waals surface area (Å²) in [5.41, 5.74) is 6.76. The number of carbonyl (C=O) groups is 1. The molecule has 21 heavy (non-hydrogen) atoms. The van der Waals surface area contributed by atoms with E-state index in [0.717, 1.165) is 0 Å². The van der Waals surface area contributed by atoms with Crippen molar-refractivity contribution in [3.8, 4) is 11.8 Å². The number of carbonyl (C=O) groups excluding carboxylic acids is 1. The van der Waals surface area contributed by atoms with Crippen LogP contribution in [0.25, 0.3) is 0 Å². The van der Waals surface area contributed by atoms with Crippen LogP contribution in [-0.2, 0) is 0 Å². The third-order valence-electron chi connectivity index (χ3n) is 2.88. The van der Waals surface area contributed by atoms with Crippen molar-refractivity contribution < 1.29 is 9.53 Å². The number of halogens is 1. The number of nitrogen functional groups attached to an aromatic ring is 1. The number of rotatable bonds is 3. The zero-order valence-electron chi connectivity index (χ0n) is 11.2. The van der Waals surface area contributed by atoms with Crippen molar-refractivity contribution >= 4 is 28.9 Å². The Kier molecular flexibility index (Phi) is 4.31. The van der Waals surface area contributed by atoms with E-state index in [-0.39, 0.29) is 27.5 Å². The molecule has 1 amide bonds. The highest BCUT2D eigenvalue weighted by Gasteiger charge is 2.17. The highest BCUT2D eigenvalue weighted by atomic mass is 35.5. The summed E-state index contributed by atoms with van der Waals surface area (Å²) in [6, 6.07) is 11.7. The van der Waals surface area contributed by atoms with Gasteiger partial charge in [-0.05, 0) is 24.3 Å². The molecule has 2 aromatic carbocycles. The Morgan fingerprint density at radius 2 is 2.05 bits per heavy atom. The lowest BCUT2D eigenvalue weighted by Crippen LogP contribution is -2.16. The van der Waals surface area contributed by atoms with Crippen LogP contribution >= 0.6 is 11.6 Å². The summed E-state index contributed by atoms with van der Waals surface area (Å²) in [6.07, 6.45) is 0. The van der Waals surface area contributed by atoms with Gasteiger partial charge in [-0.15, -0.1) is 0 Å². The Balaban J connectivity index is 2.44. The van der Waals surface area contributed by atoms with Crippen LogP contribution in [0.1, 0.15) is 15.9 Å². The van der Waals surface area contributed by atoms with Gasteiger partial charge in [0, 0.05) is 5.69 Å². The molecular weight excluding hydrogens is 290 g/mol. The summed E-state index contributed by atoms with van der Waals surface area (Å²) >= 11 is 6.00. The summed E-state index contributed by atoms with van der Waals surface area (Å²) in [5, 5.41) is 12.0. The number of nitrogens with one attached hydrogen (secondary N) is 1. The monoisotopic (exact) mass is 301 g/mol. The molecule has 0 spiro atoms. The summed E-state index contributed by atoms with van der Waals surface area (Å²) in [7, 11) is 1.45. The molecule has 6 heteroatoms. The lowest BCUT2D eigenvalue weighted by molar-refractivity contribution is 0.102. The zero-order chi connectivity index (χ0) is 15.4. The molecule has 5 nitrogen and oxygen atoms in total. The van der Waals surface area contributed by atoms with Gasteiger partial charge in [0.15, 0.2) is 0 Å². The van der Waals surface area contributed by atoms with Gasteiger partial charge in [-0.3, -0.25) is 4.79 Å². The minimum absolute atomic E-state index is 0.161. The van der Waals surface area contributed by atoms with E-state index >= 15 is 0 Å². The Labute approximate surface area is 126 Å². The number of ether oxygens (including phenoxy) is 1. The van der Waals surface area contributed by atoms with Gasteiger partial charge in [-0.2, -0.15) is 5.26 Å². The molecule has 0 aliphatic heterocycles. The van der Waals surface area contributed by atoms with E-state index < -0.39 is 5.91 Å². The number of anilines is 2. The van der Waals surface area contributed by atoms with Crippen molar-refractivity contribution in [2.75, 3.05) is 18.2 Å². The fraction of sp³-hybridized carbons (Fsp3) is 0.0667. The van der Waals surface area contributed by atoms with Crippen LogP contribution in [0.15, 0.2) is 36.4 Å². The predicted molar refractivity (Wildman–Crippen MR) is 81.5 cm³/mol. The smallest absolute Gasteiger partial charge is 0.259 e. The first-order chi connectivity index (χ1) is 10.1. The van der Waals surface area contributed by atoms with Gasteiger partial charge in [0.25, 0.3) is 5.91 Å². The van der Waals surface area contributed by atoms with Crippen LogP contribution in [0.2, 0.25) is 5.02 Å². The molecule has 2 aromatic rings. The van der Waals surface area contributed by atoms with E-state index in [1.165, 1.54) is 7.11 Å². The minimum Gasteiger partial charge on any atom is -0.495 e. The largest absolute Gasteiger partial charge is 0.495 e. The molecule has 0 aromatic heterocycles. The van der Waals surface area contributed by atoms with Gasteiger partial charge in [-0.25, -0.2) is 0 Å². The molecule has 0 atom stereocenters. The summed E-state index contributed by atoms with van der Waals surface area (Å²) < 4.78 is 5.15. The Bertz CT molecular complexity index is 718. The van der Waals surface area contributed by atoms with Crippen molar-refractivity contribution in [1.82, 2.24) is 0 Å². The summed E-state index contributed by atoms with van der Waals surface area (Å²) in [4.78, 5) is 12.4. The molecule has 0 aliphatic rings. The molecule has 0 unspecified atom stereocenters. The first-order valence-corrected chi connectivity index (χ1v) is 6.38. The number of hydrogen-bond acceptors (Lipinski definition) is 4. The maximum atomic E-state index is 12.4. The number of amides is 1. The van der Waals surface area contributed by atoms with E-state index in [1.807, 2.05) is 6.07 Å². The van der Waals surface area contributed by atoms with E-state index in [9.17, 15) is 4.79 Å². The third kappa shape index (κ3) is 2.91. The van der Waals surface area contributed by atoms with E-state index in [1.54, 1.807) is 36.4 Å². The molecule has 0 heterocycles. The maximum absolute atomic E-state index is 12.4. The maximum Gasteiger partial charge on any atom is 0.259 e. The first kappa shape index (κ1) is 14.7. The van der Waals surface area contributed by atoms with Crippen LogP contribution < -0.4 is 15.8 Å². The second-order valence-electron chi connectivity index (χ2n) is 4.15. The molecule has 0 bridgehead atoms. The van der Waals surface area contributed by atoms with Gasteiger partial charge < -0.3 is 15.8 Å². The fourth-order valence-electron chi connectivity index (χ4n) is 1.88. The normalized spacial score (nSPS) is 9.76. The van der Waals surface area contributed by atoms with Crippen LogP contribution in [0, 0.1) is 11.3 Å². The standard InChI is InChI=1S/C15H12ClN3O2/c1-21-12-7-2-4-9(8-17)14(12)19-15(20)13-10(16)5-3-6-11(13)18/h2-7H,18H2,1H3,(H,19,20). The van der Waals surface area contributed by atoms with Gasteiger partial charge in [-0.1, -0.05) is 23.7 Å². The lowest BCUT2D eigenvalue weighted by atomic mass is 10.1. The number of methoxy groups -OCH3 is 1. The van der Waals surface area contributed by atoms with E-state index in [4.69, 9.17) is 27.3 Å². The number of nitrogens with two attached hydrogens (primary N) is 1. The molecular formula is C15H12ClN3O2. The Hall–Kier alpha value is -2.71. The molecule has 0 aliphatic carbocycles. The van der Waals surface area contributed by atoms with Gasteiger partial charge in [0.05, 0.1) is 23.3 Å². The molecule has 0 saturated carbocycles. The Morgan fingerprint density at radius 1 is 1.33 bits per heavy atom. The number of hydrogen-bond donors (Lipinski definition) is 2. The number of benzene rings is 2.